The summed E-state index contributed by atoms with van der Waals surface area (Å²) in [5.74, 6) is 0.338. The zero-order valence-corrected chi connectivity index (χ0v) is 18.0. The first kappa shape index (κ1) is 20.7. The molecule has 0 N–H and O–H groups in total. The summed E-state index contributed by atoms with van der Waals surface area (Å²) in [7, 11) is 3.33. The van der Waals surface area contributed by atoms with E-state index in [2.05, 4.69) is 4.98 Å². The third-order valence-electron chi connectivity index (χ3n) is 5.69. The van der Waals surface area contributed by atoms with Crippen LogP contribution in [0.3, 0.4) is 0 Å². The molecular weight excluding hydrogens is 392 g/mol. The van der Waals surface area contributed by atoms with Crippen LogP contribution in [-0.4, -0.2) is 53.0 Å². The maximum absolute atomic E-state index is 13.3. The Balaban J connectivity index is 1.57. The molecule has 1 saturated heterocycles. The smallest absolute Gasteiger partial charge is 0.254 e. The molecule has 1 aromatic heterocycles. The van der Waals surface area contributed by atoms with E-state index in [1.807, 2.05) is 54.1 Å². The van der Waals surface area contributed by atoms with E-state index in [0.717, 1.165) is 23.5 Å². The zero-order valence-electron chi connectivity index (χ0n) is 18.0. The van der Waals surface area contributed by atoms with Crippen LogP contribution in [0.15, 0.2) is 61.1 Å². The van der Waals surface area contributed by atoms with Gasteiger partial charge in [-0.2, -0.15) is 0 Å². The molecule has 0 unspecified atom stereocenters. The van der Waals surface area contributed by atoms with E-state index in [4.69, 9.17) is 4.74 Å². The topological polar surface area (TPSA) is 67.7 Å². The molecule has 0 bridgehead atoms. The quantitative estimate of drug-likeness (QED) is 0.636. The minimum absolute atomic E-state index is 0.0745. The number of hydrogen-bond acceptors (Lipinski definition) is 4. The van der Waals surface area contributed by atoms with E-state index in [0.29, 0.717) is 24.3 Å². The van der Waals surface area contributed by atoms with E-state index < -0.39 is 6.04 Å². The average Bonchev–Trinajstić information content (AvgIpc) is 3.47. The van der Waals surface area contributed by atoms with Crippen molar-refractivity contribution in [2.45, 2.75) is 25.8 Å². The standard InChI is InChI=1S/C24H26N4O3/c1-17-15-27(16-25-17)20-12-11-18(14-22(20)31-3)23(29)28-13-7-10-21(28)24(30)26(2)19-8-5-4-6-9-19/h4-6,8-9,11-12,14-16,21H,7,10,13H2,1-3H3/t21-/m0/s1. The molecule has 31 heavy (non-hydrogen) atoms. The number of aromatic nitrogens is 2. The Labute approximate surface area is 181 Å². The number of carbonyl (C=O) groups is 2. The first-order valence-corrected chi connectivity index (χ1v) is 10.3. The van der Waals surface area contributed by atoms with Crippen molar-refractivity contribution in [3.05, 3.63) is 72.3 Å². The number of imidazole rings is 1. The molecule has 0 aliphatic carbocycles. The summed E-state index contributed by atoms with van der Waals surface area (Å²) in [6.45, 7) is 2.47. The number of benzene rings is 2. The highest BCUT2D eigenvalue weighted by Crippen LogP contribution is 2.28. The molecule has 2 amide bonds. The van der Waals surface area contributed by atoms with Crippen LogP contribution in [0, 0.1) is 6.92 Å². The molecule has 7 nitrogen and oxygen atoms in total. The van der Waals surface area contributed by atoms with Gasteiger partial charge < -0.3 is 19.1 Å². The molecule has 1 atom stereocenters. The van der Waals surface area contributed by atoms with Gasteiger partial charge in [0.1, 0.15) is 11.8 Å². The summed E-state index contributed by atoms with van der Waals surface area (Å²) < 4.78 is 7.40. The minimum Gasteiger partial charge on any atom is -0.495 e. The first-order valence-electron chi connectivity index (χ1n) is 10.3. The molecule has 0 spiro atoms. The van der Waals surface area contributed by atoms with Crippen molar-refractivity contribution in [3.8, 4) is 11.4 Å². The number of amides is 2. The van der Waals surface area contributed by atoms with E-state index >= 15 is 0 Å². The molecule has 1 fully saturated rings. The summed E-state index contributed by atoms with van der Waals surface area (Å²) in [6.07, 6.45) is 5.07. The Morgan fingerprint density at radius 3 is 2.61 bits per heavy atom. The lowest BCUT2D eigenvalue weighted by Crippen LogP contribution is -2.46. The van der Waals surface area contributed by atoms with Gasteiger partial charge in [0.05, 0.1) is 24.8 Å². The minimum atomic E-state index is -0.473. The molecule has 0 saturated carbocycles. The van der Waals surface area contributed by atoms with Crippen molar-refractivity contribution in [1.82, 2.24) is 14.5 Å². The fourth-order valence-electron chi connectivity index (χ4n) is 4.01. The maximum Gasteiger partial charge on any atom is 0.254 e. The van der Waals surface area contributed by atoms with Crippen LogP contribution in [0.5, 0.6) is 5.75 Å². The van der Waals surface area contributed by atoms with Gasteiger partial charge in [0.2, 0.25) is 5.91 Å². The van der Waals surface area contributed by atoms with E-state index in [1.54, 1.807) is 42.4 Å². The predicted molar refractivity (Wildman–Crippen MR) is 119 cm³/mol. The van der Waals surface area contributed by atoms with Crippen molar-refractivity contribution in [1.29, 1.82) is 0 Å². The van der Waals surface area contributed by atoms with Gasteiger partial charge in [-0.25, -0.2) is 4.98 Å². The molecule has 4 rings (SSSR count). The lowest BCUT2D eigenvalue weighted by Gasteiger charge is -2.28. The molecule has 1 aliphatic heterocycles. The summed E-state index contributed by atoms with van der Waals surface area (Å²) in [6, 6.07) is 14.4. The Bertz CT molecular complexity index is 1090. The number of likely N-dealkylation sites (tertiary alicyclic amines) is 1. The molecule has 7 heteroatoms. The monoisotopic (exact) mass is 418 g/mol. The van der Waals surface area contributed by atoms with Crippen LogP contribution in [-0.2, 0) is 4.79 Å². The summed E-state index contributed by atoms with van der Waals surface area (Å²) in [4.78, 5) is 34.0. The molecule has 0 radical (unpaired) electrons. The third-order valence-corrected chi connectivity index (χ3v) is 5.69. The molecule has 2 heterocycles. The van der Waals surface area contributed by atoms with Crippen LogP contribution < -0.4 is 9.64 Å². The number of carbonyl (C=O) groups excluding carboxylic acids is 2. The Hall–Kier alpha value is -3.61. The second kappa shape index (κ2) is 8.63. The fourth-order valence-corrected chi connectivity index (χ4v) is 4.01. The van der Waals surface area contributed by atoms with Crippen molar-refractivity contribution < 1.29 is 14.3 Å². The highest BCUT2D eigenvalue weighted by Gasteiger charge is 2.36. The molecule has 3 aromatic rings. The van der Waals surface area contributed by atoms with Crippen molar-refractivity contribution >= 4 is 17.5 Å². The van der Waals surface area contributed by atoms with Gasteiger partial charge in [0, 0.05) is 31.0 Å². The highest BCUT2D eigenvalue weighted by atomic mass is 16.5. The van der Waals surface area contributed by atoms with Crippen molar-refractivity contribution in [3.63, 3.8) is 0 Å². The first-order chi connectivity index (χ1) is 15.0. The van der Waals surface area contributed by atoms with Gasteiger partial charge in [-0.3, -0.25) is 9.59 Å². The number of para-hydroxylation sites is 1. The number of anilines is 1. The van der Waals surface area contributed by atoms with Gasteiger partial charge in [0.15, 0.2) is 0 Å². The Morgan fingerprint density at radius 2 is 1.94 bits per heavy atom. The lowest BCUT2D eigenvalue weighted by molar-refractivity contribution is -0.121. The van der Waals surface area contributed by atoms with Crippen LogP contribution >= 0.6 is 0 Å². The fraction of sp³-hybridized carbons (Fsp3) is 0.292. The number of nitrogens with zero attached hydrogens (tertiary/aromatic N) is 4. The normalized spacial score (nSPS) is 15.7. The number of aryl methyl sites for hydroxylation is 1. The number of hydrogen-bond donors (Lipinski definition) is 0. The van der Waals surface area contributed by atoms with Crippen LogP contribution in [0.4, 0.5) is 5.69 Å². The van der Waals surface area contributed by atoms with Gasteiger partial charge >= 0.3 is 0 Å². The number of likely N-dealkylation sites (N-methyl/N-ethyl adjacent to an activating group) is 1. The number of rotatable bonds is 5. The van der Waals surface area contributed by atoms with Gasteiger partial charge in [-0.15, -0.1) is 0 Å². The SMILES string of the molecule is COc1cc(C(=O)N2CCC[C@H]2C(=O)N(C)c2ccccc2)ccc1-n1cnc(C)c1. The Kier molecular flexibility index (Phi) is 5.75. The highest BCUT2D eigenvalue weighted by molar-refractivity contribution is 6.02. The molecule has 1 aliphatic rings. The van der Waals surface area contributed by atoms with Crippen LogP contribution in [0.25, 0.3) is 5.69 Å². The lowest BCUT2D eigenvalue weighted by atomic mass is 10.1. The van der Waals surface area contributed by atoms with Gasteiger partial charge in [0.25, 0.3) is 5.91 Å². The van der Waals surface area contributed by atoms with Crippen molar-refractivity contribution in [2.24, 2.45) is 0 Å². The average molecular weight is 418 g/mol. The van der Waals surface area contributed by atoms with Gasteiger partial charge in [-0.1, -0.05) is 18.2 Å². The van der Waals surface area contributed by atoms with Gasteiger partial charge in [-0.05, 0) is 50.1 Å². The summed E-state index contributed by atoms with van der Waals surface area (Å²) in [5.41, 5.74) is 3.01. The largest absolute Gasteiger partial charge is 0.495 e. The second-order valence-electron chi connectivity index (χ2n) is 7.70. The number of ether oxygens (including phenoxy) is 1. The van der Waals surface area contributed by atoms with E-state index in [9.17, 15) is 9.59 Å². The van der Waals surface area contributed by atoms with Crippen LogP contribution in [0.2, 0.25) is 0 Å². The van der Waals surface area contributed by atoms with E-state index in [1.165, 1.54) is 0 Å². The van der Waals surface area contributed by atoms with Crippen molar-refractivity contribution in [2.75, 3.05) is 25.6 Å². The predicted octanol–water partition coefficient (Wildman–Crippen LogP) is 3.46. The summed E-state index contributed by atoms with van der Waals surface area (Å²) >= 11 is 0. The molecule has 160 valence electrons. The number of methoxy groups -OCH3 is 1. The zero-order chi connectivity index (χ0) is 22.0. The third kappa shape index (κ3) is 4.03. The van der Waals surface area contributed by atoms with E-state index in [-0.39, 0.29) is 11.8 Å². The Morgan fingerprint density at radius 1 is 1.16 bits per heavy atom. The molecular formula is C24H26N4O3. The summed E-state index contributed by atoms with van der Waals surface area (Å²) in [5, 5.41) is 0. The molecule has 2 aromatic carbocycles. The van der Waals surface area contributed by atoms with Crippen LogP contribution in [0.1, 0.15) is 28.9 Å². The second-order valence-corrected chi connectivity index (χ2v) is 7.70. The maximum atomic E-state index is 13.3.